The average Bonchev–Trinajstić information content (AvgIpc) is 3.12. The van der Waals surface area contributed by atoms with Crippen molar-refractivity contribution in [3.8, 4) is 5.75 Å². The first kappa shape index (κ1) is 22.2. The van der Waals surface area contributed by atoms with Crippen LogP contribution in [0.25, 0.3) is 0 Å². The molecule has 0 bridgehead atoms. The fourth-order valence-electron chi connectivity index (χ4n) is 5.51. The van der Waals surface area contributed by atoms with E-state index in [1.54, 1.807) is 19.9 Å². The van der Waals surface area contributed by atoms with Crippen molar-refractivity contribution < 1.29 is 38.8 Å². The highest BCUT2D eigenvalue weighted by atomic mass is 16.6. The van der Waals surface area contributed by atoms with E-state index in [9.17, 15) is 24.6 Å². The minimum Gasteiger partial charge on any atom is -0.507 e. The van der Waals surface area contributed by atoms with Gasteiger partial charge in [-0.1, -0.05) is 6.07 Å². The van der Waals surface area contributed by atoms with Crippen LogP contribution in [0.2, 0.25) is 0 Å². The molecular weight excluding hydrogens is 430 g/mol. The molecule has 1 aromatic rings. The Bertz CT molecular complexity index is 1090. The maximum atomic E-state index is 13.5. The van der Waals surface area contributed by atoms with Gasteiger partial charge in [0.05, 0.1) is 42.0 Å². The molecule has 1 aliphatic carbocycles. The van der Waals surface area contributed by atoms with Crippen LogP contribution in [-0.2, 0) is 19.0 Å². The third-order valence-corrected chi connectivity index (χ3v) is 7.21. The summed E-state index contributed by atoms with van der Waals surface area (Å²) in [6, 6.07) is 2.90. The summed E-state index contributed by atoms with van der Waals surface area (Å²) >= 11 is 0. The van der Waals surface area contributed by atoms with Crippen LogP contribution in [-0.4, -0.2) is 83.3 Å². The van der Waals surface area contributed by atoms with E-state index in [0.29, 0.717) is 12.0 Å². The lowest BCUT2D eigenvalue weighted by Crippen LogP contribution is -2.50. The van der Waals surface area contributed by atoms with Crippen LogP contribution in [0.1, 0.15) is 59.1 Å². The number of phenolic OH excluding ortho intramolecular Hbond substituents is 1. The van der Waals surface area contributed by atoms with Gasteiger partial charge in [-0.15, -0.1) is 0 Å². The molecule has 4 aliphatic rings. The maximum absolute atomic E-state index is 13.5. The van der Waals surface area contributed by atoms with Crippen molar-refractivity contribution in [2.75, 3.05) is 14.1 Å². The number of benzene rings is 1. The van der Waals surface area contributed by atoms with Gasteiger partial charge in [0.2, 0.25) is 0 Å². The van der Waals surface area contributed by atoms with Crippen molar-refractivity contribution in [2.24, 2.45) is 0 Å². The molecule has 1 aromatic carbocycles. The van der Waals surface area contributed by atoms with E-state index < -0.39 is 54.2 Å². The Morgan fingerprint density at radius 2 is 1.76 bits per heavy atom. The Labute approximate surface area is 190 Å². The summed E-state index contributed by atoms with van der Waals surface area (Å²) in [5, 5.41) is 21.7. The SMILES string of the molecule is C[C@@H]1O[C@H]2CC(=O)O[C@H]2C2=C1C(=O)c1c(ccc(C3C[C@H](N(C)C)[C@@H](O)[C@H](C)O3)c1O)C2=O. The molecule has 9 heteroatoms. The summed E-state index contributed by atoms with van der Waals surface area (Å²) in [5.41, 5.74) is 0.643. The lowest BCUT2D eigenvalue weighted by atomic mass is 9.76. The highest BCUT2D eigenvalue weighted by molar-refractivity contribution is 6.29. The number of hydrogen-bond donors (Lipinski definition) is 2. The quantitative estimate of drug-likeness (QED) is 0.633. The number of fused-ring (bicyclic) bond motifs is 3. The molecule has 33 heavy (non-hydrogen) atoms. The molecular formula is C24H27NO8. The van der Waals surface area contributed by atoms with E-state index in [-0.39, 0.29) is 40.5 Å². The number of esters is 1. The number of aliphatic hydroxyl groups is 1. The molecule has 3 heterocycles. The highest BCUT2D eigenvalue weighted by Gasteiger charge is 2.51. The van der Waals surface area contributed by atoms with Crippen molar-refractivity contribution in [1.29, 1.82) is 0 Å². The van der Waals surface area contributed by atoms with E-state index in [1.165, 1.54) is 6.07 Å². The van der Waals surface area contributed by atoms with Crippen LogP contribution in [0.4, 0.5) is 0 Å². The average molecular weight is 457 g/mol. The van der Waals surface area contributed by atoms with Gasteiger partial charge in [0.15, 0.2) is 17.7 Å². The van der Waals surface area contributed by atoms with Crippen molar-refractivity contribution in [1.82, 2.24) is 4.90 Å². The number of phenols is 1. The van der Waals surface area contributed by atoms with Gasteiger partial charge in [-0.2, -0.15) is 0 Å². The van der Waals surface area contributed by atoms with Crippen LogP contribution >= 0.6 is 0 Å². The maximum Gasteiger partial charge on any atom is 0.309 e. The fraction of sp³-hybridized carbons (Fsp3) is 0.542. The first-order valence-corrected chi connectivity index (χ1v) is 11.1. The number of rotatable bonds is 2. The van der Waals surface area contributed by atoms with Crippen LogP contribution in [0.3, 0.4) is 0 Å². The van der Waals surface area contributed by atoms with Crippen molar-refractivity contribution in [3.05, 3.63) is 40.0 Å². The second-order valence-corrected chi connectivity index (χ2v) is 9.43. The molecule has 7 atom stereocenters. The van der Waals surface area contributed by atoms with Gasteiger partial charge < -0.3 is 29.3 Å². The minimum absolute atomic E-state index is 0.0282. The molecule has 0 saturated carbocycles. The fourth-order valence-corrected chi connectivity index (χ4v) is 5.51. The molecule has 0 amide bonds. The normalized spacial score (nSPS) is 35.9. The predicted octanol–water partition coefficient (Wildman–Crippen LogP) is 1.31. The lowest BCUT2D eigenvalue weighted by molar-refractivity contribution is -0.142. The summed E-state index contributed by atoms with van der Waals surface area (Å²) in [6.45, 7) is 3.41. The van der Waals surface area contributed by atoms with Gasteiger partial charge in [-0.05, 0) is 40.4 Å². The molecule has 2 fully saturated rings. The summed E-state index contributed by atoms with van der Waals surface area (Å²) in [5.74, 6) is -1.74. The Balaban J connectivity index is 1.57. The molecule has 0 radical (unpaired) electrons. The Morgan fingerprint density at radius 1 is 1.03 bits per heavy atom. The van der Waals surface area contributed by atoms with E-state index in [4.69, 9.17) is 14.2 Å². The van der Waals surface area contributed by atoms with E-state index in [0.717, 1.165) is 0 Å². The summed E-state index contributed by atoms with van der Waals surface area (Å²) in [4.78, 5) is 40.7. The zero-order valence-corrected chi connectivity index (χ0v) is 18.9. The van der Waals surface area contributed by atoms with Gasteiger partial charge in [0.25, 0.3) is 0 Å². The molecule has 9 nitrogen and oxygen atoms in total. The molecule has 5 rings (SSSR count). The number of aliphatic hydroxyl groups excluding tert-OH is 1. The van der Waals surface area contributed by atoms with E-state index >= 15 is 0 Å². The predicted molar refractivity (Wildman–Crippen MR) is 114 cm³/mol. The van der Waals surface area contributed by atoms with Crippen molar-refractivity contribution >= 4 is 17.5 Å². The molecule has 176 valence electrons. The second kappa shape index (κ2) is 7.73. The zero-order chi connectivity index (χ0) is 23.8. The van der Waals surface area contributed by atoms with Crippen LogP contribution in [0.15, 0.2) is 23.3 Å². The van der Waals surface area contributed by atoms with Gasteiger partial charge >= 0.3 is 5.97 Å². The third-order valence-electron chi connectivity index (χ3n) is 7.21. The Hall–Kier alpha value is -2.59. The van der Waals surface area contributed by atoms with Gasteiger partial charge in [0.1, 0.15) is 11.9 Å². The van der Waals surface area contributed by atoms with E-state index in [1.807, 2.05) is 19.0 Å². The number of hydrogen-bond acceptors (Lipinski definition) is 9. The van der Waals surface area contributed by atoms with Crippen molar-refractivity contribution in [2.45, 2.75) is 69.4 Å². The number of ether oxygens (including phenoxy) is 3. The smallest absolute Gasteiger partial charge is 0.309 e. The standard InChI is InChI=1S/C24H27NO8/c1-9-17-19(24-15(31-9)8-16(26)33-24)22(29)12-6-5-11(21(28)18(12)23(17)30)14-7-13(25(3)4)20(27)10(2)32-14/h5-6,9-10,13-15,20,24,27-28H,7-8H2,1-4H3/t9-,10-,13-,14?,15-,20-,24+/m0/s1. The molecule has 2 saturated heterocycles. The zero-order valence-electron chi connectivity index (χ0n) is 18.9. The minimum atomic E-state index is -0.917. The summed E-state index contributed by atoms with van der Waals surface area (Å²) in [6.07, 6.45) is -3.57. The molecule has 2 N–H and O–H groups in total. The van der Waals surface area contributed by atoms with Gasteiger partial charge in [-0.25, -0.2) is 0 Å². The molecule has 1 unspecified atom stereocenters. The molecule has 3 aliphatic heterocycles. The first-order valence-electron chi connectivity index (χ1n) is 11.1. The monoisotopic (exact) mass is 457 g/mol. The largest absolute Gasteiger partial charge is 0.507 e. The van der Waals surface area contributed by atoms with Crippen molar-refractivity contribution in [3.63, 3.8) is 0 Å². The van der Waals surface area contributed by atoms with Gasteiger partial charge in [-0.3, -0.25) is 14.4 Å². The number of carbonyl (C=O) groups is 3. The lowest BCUT2D eigenvalue weighted by Gasteiger charge is -2.41. The van der Waals surface area contributed by atoms with Crippen LogP contribution < -0.4 is 0 Å². The molecule has 0 aromatic heterocycles. The number of Topliss-reactive ketones (excluding diaryl/α,β-unsaturated/α-hetero) is 2. The summed E-state index contributed by atoms with van der Waals surface area (Å²) in [7, 11) is 3.72. The van der Waals surface area contributed by atoms with E-state index in [2.05, 4.69) is 0 Å². The van der Waals surface area contributed by atoms with Gasteiger partial charge in [0, 0.05) is 22.7 Å². The summed E-state index contributed by atoms with van der Waals surface area (Å²) < 4.78 is 17.1. The topological polar surface area (TPSA) is 123 Å². The number of aromatic hydroxyl groups is 1. The van der Waals surface area contributed by atoms with Crippen LogP contribution in [0, 0.1) is 0 Å². The first-order chi connectivity index (χ1) is 15.6. The number of likely N-dealkylation sites (N-methyl/N-ethyl adjacent to an activating group) is 1. The Kier molecular flexibility index (Phi) is 5.20. The number of nitrogens with zero attached hydrogens (tertiary/aromatic N) is 1. The second-order valence-electron chi connectivity index (χ2n) is 9.43. The third kappa shape index (κ3) is 3.25. The number of ketones is 2. The molecule has 0 spiro atoms. The highest BCUT2D eigenvalue weighted by Crippen LogP contribution is 2.45. The number of carbonyl (C=O) groups excluding carboxylic acids is 3. The Morgan fingerprint density at radius 3 is 2.45 bits per heavy atom. The van der Waals surface area contributed by atoms with Crippen LogP contribution in [0.5, 0.6) is 5.75 Å².